The van der Waals surface area contributed by atoms with E-state index in [-0.39, 0.29) is 11.9 Å². The summed E-state index contributed by atoms with van der Waals surface area (Å²) in [5.74, 6) is 6.59. The van der Waals surface area contributed by atoms with Crippen molar-refractivity contribution in [1.29, 1.82) is 0 Å². The fraction of sp³-hybridized carbons (Fsp3) is 0.208. The summed E-state index contributed by atoms with van der Waals surface area (Å²) < 4.78 is 0. The SMILES string of the molecule is Cc1ccc(C(=O)Nc2ccc(C(C)C)c(C)c2)cc1C#Cc1cnc(N)nc1. The van der Waals surface area contributed by atoms with Crippen LogP contribution in [0.15, 0.2) is 48.8 Å². The highest BCUT2D eigenvalue weighted by Crippen LogP contribution is 2.23. The van der Waals surface area contributed by atoms with Crippen LogP contribution in [0.2, 0.25) is 0 Å². The van der Waals surface area contributed by atoms with Gasteiger partial charge in [0.1, 0.15) is 0 Å². The number of nitrogen functional groups attached to an aromatic ring is 1. The van der Waals surface area contributed by atoms with Crippen molar-refractivity contribution in [2.45, 2.75) is 33.6 Å². The molecule has 146 valence electrons. The molecule has 3 rings (SSSR count). The van der Waals surface area contributed by atoms with Crippen LogP contribution in [-0.2, 0) is 0 Å². The van der Waals surface area contributed by atoms with E-state index in [1.165, 1.54) is 11.1 Å². The number of hydrogen-bond acceptors (Lipinski definition) is 4. The molecule has 5 nitrogen and oxygen atoms in total. The summed E-state index contributed by atoms with van der Waals surface area (Å²) in [4.78, 5) is 20.6. The highest BCUT2D eigenvalue weighted by Gasteiger charge is 2.10. The van der Waals surface area contributed by atoms with Gasteiger partial charge in [-0.05, 0) is 60.7 Å². The molecular weight excluding hydrogens is 360 g/mol. The van der Waals surface area contributed by atoms with Crippen LogP contribution in [0.5, 0.6) is 0 Å². The molecule has 5 heteroatoms. The van der Waals surface area contributed by atoms with E-state index in [4.69, 9.17) is 5.73 Å². The highest BCUT2D eigenvalue weighted by molar-refractivity contribution is 6.04. The van der Waals surface area contributed by atoms with Gasteiger partial charge in [-0.1, -0.05) is 37.8 Å². The van der Waals surface area contributed by atoms with Crippen molar-refractivity contribution in [3.8, 4) is 11.8 Å². The maximum absolute atomic E-state index is 12.7. The summed E-state index contributed by atoms with van der Waals surface area (Å²) in [6.07, 6.45) is 3.15. The number of nitrogens with zero attached hydrogens (tertiary/aromatic N) is 2. The normalized spacial score (nSPS) is 10.4. The molecule has 0 spiro atoms. The predicted octanol–water partition coefficient (Wildman–Crippen LogP) is 4.45. The van der Waals surface area contributed by atoms with Crippen LogP contribution in [-0.4, -0.2) is 15.9 Å². The molecule has 0 saturated carbocycles. The number of benzene rings is 2. The Hall–Kier alpha value is -3.65. The summed E-state index contributed by atoms with van der Waals surface area (Å²) in [5, 5.41) is 2.97. The summed E-state index contributed by atoms with van der Waals surface area (Å²) in [6, 6.07) is 11.5. The van der Waals surface area contributed by atoms with Gasteiger partial charge < -0.3 is 11.1 Å². The second-order valence-corrected chi connectivity index (χ2v) is 7.29. The Morgan fingerprint density at radius 1 is 1.00 bits per heavy atom. The standard InChI is InChI=1S/C24H24N4O/c1-15(2)22-10-9-21(11-17(22)4)28-23(29)20-7-5-16(3)19(12-20)8-6-18-13-26-24(25)27-14-18/h5,7,9-15H,1-4H3,(H,28,29)(H2,25,26,27). The molecule has 0 aliphatic rings. The molecule has 0 atom stereocenters. The number of rotatable bonds is 3. The predicted molar refractivity (Wildman–Crippen MR) is 117 cm³/mol. The van der Waals surface area contributed by atoms with Crippen molar-refractivity contribution in [2.75, 3.05) is 11.1 Å². The zero-order valence-corrected chi connectivity index (χ0v) is 17.1. The molecule has 0 aliphatic carbocycles. The average Bonchev–Trinajstić information content (AvgIpc) is 2.68. The number of amides is 1. The van der Waals surface area contributed by atoms with Gasteiger partial charge >= 0.3 is 0 Å². The third-order valence-electron chi connectivity index (χ3n) is 4.66. The molecule has 1 heterocycles. The monoisotopic (exact) mass is 384 g/mol. The third-order valence-corrected chi connectivity index (χ3v) is 4.66. The van der Waals surface area contributed by atoms with Gasteiger partial charge in [-0.15, -0.1) is 0 Å². The fourth-order valence-corrected chi connectivity index (χ4v) is 3.04. The van der Waals surface area contributed by atoms with Crippen molar-refractivity contribution in [2.24, 2.45) is 0 Å². The first-order valence-electron chi connectivity index (χ1n) is 9.45. The van der Waals surface area contributed by atoms with E-state index in [0.717, 1.165) is 16.8 Å². The van der Waals surface area contributed by atoms with Crippen LogP contribution in [0.3, 0.4) is 0 Å². The summed E-state index contributed by atoms with van der Waals surface area (Å²) in [6.45, 7) is 8.34. The van der Waals surface area contributed by atoms with E-state index in [1.54, 1.807) is 24.5 Å². The van der Waals surface area contributed by atoms with Crippen LogP contribution >= 0.6 is 0 Å². The zero-order chi connectivity index (χ0) is 21.0. The molecule has 29 heavy (non-hydrogen) atoms. The number of aryl methyl sites for hydroxylation is 2. The highest BCUT2D eigenvalue weighted by atomic mass is 16.1. The van der Waals surface area contributed by atoms with Crippen molar-refractivity contribution in [3.63, 3.8) is 0 Å². The lowest BCUT2D eigenvalue weighted by Gasteiger charge is -2.12. The van der Waals surface area contributed by atoms with Gasteiger partial charge in [-0.3, -0.25) is 4.79 Å². The molecule has 2 aromatic carbocycles. The van der Waals surface area contributed by atoms with Crippen molar-refractivity contribution in [1.82, 2.24) is 9.97 Å². The maximum Gasteiger partial charge on any atom is 0.255 e. The van der Waals surface area contributed by atoms with Gasteiger partial charge in [-0.25, -0.2) is 9.97 Å². The van der Waals surface area contributed by atoms with Gasteiger partial charge in [0.25, 0.3) is 5.91 Å². The van der Waals surface area contributed by atoms with Crippen LogP contribution in [0, 0.1) is 25.7 Å². The first-order chi connectivity index (χ1) is 13.8. The molecule has 0 bridgehead atoms. The number of nitrogens with two attached hydrogens (primary N) is 1. The minimum absolute atomic E-state index is 0.166. The first kappa shape index (κ1) is 20.1. The van der Waals surface area contributed by atoms with Gasteiger partial charge in [0, 0.05) is 29.2 Å². The summed E-state index contributed by atoms with van der Waals surface area (Å²) in [7, 11) is 0. The maximum atomic E-state index is 12.7. The van der Waals surface area contributed by atoms with Gasteiger partial charge in [-0.2, -0.15) is 0 Å². The van der Waals surface area contributed by atoms with Crippen LogP contribution in [0.1, 0.15) is 57.9 Å². The number of aromatic nitrogens is 2. The Bertz CT molecular complexity index is 1110. The number of carbonyl (C=O) groups excluding carboxylic acids is 1. The molecule has 3 N–H and O–H groups in total. The number of nitrogens with one attached hydrogen (secondary N) is 1. The van der Waals surface area contributed by atoms with Crippen LogP contribution < -0.4 is 11.1 Å². The molecule has 1 amide bonds. The van der Waals surface area contributed by atoms with Crippen molar-refractivity contribution in [3.05, 3.63) is 82.2 Å². The minimum atomic E-state index is -0.166. The minimum Gasteiger partial charge on any atom is -0.368 e. The van der Waals surface area contributed by atoms with Gasteiger partial charge in [0.15, 0.2) is 0 Å². The quantitative estimate of drug-likeness (QED) is 0.654. The number of anilines is 2. The van der Waals surface area contributed by atoms with E-state index < -0.39 is 0 Å². The summed E-state index contributed by atoms with van der Waals surface area (Å²) in [5.41, 5.74) is 11.7. The smallest absolute Gasteiger partial charge is 0.255 e. The molecule has 1 aromatic heterocycles. The average molecular weight is 384 g/mol. The number of hydrogen-bond donors (Lipinski definition) is 2. The lowest BCUT2D eigenvalue weighted by molar-refractivity contribution is 0.102. The van der Waals surface area contributed by atoms with E-state index in [1.807, 2.05) is 25.1 Å². The Balaban J connectivity index is 1.81. The lowest BCUT2D eigenvalue weighted by Crippen LogP contribution is -2.12. The Morgan fingerprint density at radius 2 is 1.72 bits per heavy atom. The molecule has 0 fully saturated rings. The summed E-state index contributed by atoms with van der Waals surface area (Å²) >= 11 is 0. The molecule has 0 saturated heterocycles. The van der Waals surface area contributed by atoms with E-state index in [2.05, 4.69) is 54.0 Å². The van der Waals surface area contributed by atoms with Crippen molar-refractivity contribution < 1.29 is 4.79 Å². The second-order valence-electron chi connectivity index (χ2n) is 7.29. The van der Waals surface area contributed by atoms with E-state index in [0.29, 0.717) is 17.0 Å². The Kier molecular flexibility index (Phi) is 5.94. The Morgan fingerprint density at radius 3 is 2.38 bits per heavy atom. The van der Waals surface area contributed by atoms with E-state index in [9.17, 15) is 4.79 Å². The fourth-order valence-electron chi connectivity index (χ4n) is 3.04. The zero-order valence-electron chi connectivity index (χ0n) is 17.1. The molecule has 0 unspecified atom stereocenters. The molecule has 3 aromatic rings. The third kappa shape index (κ3) is 4.99. The molecule has 0 radical (unpaired) electrons. The van der Waals surface area contributed by atoms with Gasteiger partial charge in [0.2, 0.25) is 5.95 Å². The molecule has 0 aliphatic heterocycles. The molecular formula is C24H24N4O. The van der Waals surface area contributed by atoms with Crippen LogP contribution in [0.4, 0.5) is 11.6 Å². The lowest BCUT2D eigenvalue weighted by atomic mass is 9.97. The Labute approximate surface area is 171 Å². The topological polar surface area (TPSA) is 80.9 Å². The second kappa shape index (κ2) is 8.57. The van der Waals surface area contributed by atoms with Gasteiger partial charge in [0.05, 0.1) is 5.56 Å². The first-order valence-corrected chi connectivity index (χ1v) is 9.45. The van der Waals surface area contributed by atoms with Crippen molar-refractivity contribution >= 4 is 17.5 Å². The number of carbonyl (C=O) groups is 1. The largest absolute Gasteiger partial charge is 0.368 e. The van der Waals surface area contributed by atoms with E-state index >= 15 is 0 Å². The van der Waals surface area contributed by atoms with Crippen LogP contribution in [0.25, 0.3) is 0 Å².